The Labute approximate surface area is 128 Å². The second-order valence-corrected chi connectivity index (χ2v) is 4.32. The van der Waals surface area contributed by atoms with Crippen molar-refractivity contribution in [3.05, 3.63) is 47.3 Å². The van der Waals surface area contributed by atoms with Crippen LogP contribution in [0.25, 0.3) is 5.69 Å². The Bertz CT molecular complexity index is 753. The lowest BCUT2D eigenvalue weighted by Crippen LogP contribution is -2.19. The van der Waals surface area contributed by atoms with Gasteiger partial charge in [0.25, 0.3) is 0 Å². The van der Waals surface area contributed by atoms with Crippen LogP contribution in [-0.2, 0) is 15.7 Å². The number of benzene rings is 1. The molecule has 0 N–H and O–H groups in total. The average Bonchev–Trinajstić information content (AvgIpc) is 2.98. The molecule has 0 saturated heterocycles. The number of hydrogen-bond donors (Lipinski definition) is 0. The number of rotatable bonds is 3. The van der Waals surface area contributed by atoms with E-state index >= 15 is 0 Å². The fourth-order valence-corrected chi connectivity index (χ4v) is 2.00. The van der Waals surface area contributed by atoms with Gasteiger partial charge in [0.05, 0.1) is 31.7 Å². The van der Waals surface area contributed by atoms with Gasteiger partial charge in [-0.05, 0) is 12.1 Å². The molecule has 0 aliphatic rings. The van der Waals surface area contributed by atoms with E-state index in [0.29, 0.717) is 4.68 Å². The normalized spacial score (nSPS) is 11.2. The number of aromatic nitrogens is 2. The molecule has 0 atom stereocenters. The van der Waals surface area contributed by atoms with Crippen molar-refractivity contribution in [3.63, 3.8) is 0 Å². The fraction of sp³-hybridized carbons (Fsp3) is 0.214. The minimum Gasteiger partial charge on any atom is -0.465 e. The average molecular weight is 328 g/mol. The number of nitrogens with zero attached hydrogens (tertiary/aromatic N) is 2. The molecule has 0 saturated carbocycles. The molecule has 0 bridgehead atoms. The molecule has 23 heavy (non-hydrogen) atoms. The molecule has 0 amide bonds. The molecular formula is C14H11F3N2O4. The zero-order valence-electron chi connectivity index (χ0n) is 12.0. The van der Waals surface area contributed by atoms with E-state index in [4.69, 9.17) is 0 Å². The molecule has 0 fully saturated rings. The Balaban J connectivity index is 2.73. The molecule has 1 aromatic heterocycles. The van der Waals surface area contributed by atoms with Crippen molar-refractivity contribution >= 4 is 11.9 Å². The quantitative estimate of drug-likeness (QED) is 0.810. The van der Waals surface area contributed by atoms with Crippen LogP contribution in [0.15, 0.2) is 30.5 Å². The summed E-state index contributed by atoms with van der Waals surface area (Å²) in [6.45, 7) is 0. The van der Waals surface area contributed by atoms with E-state index in [0.717, 1.165) is 20.4 Å². The Morgan fingerprint density at radius 3 is 2.17 bits per heavy atom. The number of carbonyl (C=O) groups is 2. The van der Waals surface area contributed by atoms with Crippen LogP contribution in [0, 0.1) is 0 Å². The number of halogens is 3. The van der Waals surface area contributed by atoms with Gasteiger partial charge < -0.3 is 9.47 Å². The third kappa shape index (κ3) is 3.03. The zero-order valence-corrected chi connectivity index (χ0v) is 12.0. The van der Waals surface area contributed by atoms with E-state index in [1.165, 1.54) is 24.3 Å². The molecule has 122 valence electrons. The lowest BCUT2D eigenvalue weighted by atomic mass is 10.1. The highest BCUT2D eigenvalue weighted by molar-refractivity contribution is 5.94. The van der Waals surface area contributed by atoms with E-state index < -0.39 is 29.4 Å². The van der Waals surface area contributed by atoms with E-state index in [1.807, 2.05) is 0 Å². The molecule has 9 heteroatoms. The molecule has 0 aliphatic carbocycles. The van der Waals surface area contributed by atoms with Crippen molar-refractivity contribution < 1.29 is 32.2 Å². The molecule has 0 spiro atoms. The lowest BCUT2D eigenvalue weighted by Gasteiger charge is -2.14. The molecule has 6 nitrogen and oxygen atoms in total. The van der Waals surface area contributed by atoms with Crippen LogP contribution in [0.3, 0.4) is 0 Å². The smallest absolute Gasteiger partial charge is 0.434 e. The highest BCUT2D eigenvalue weighted by atomic mass is 19.4. The first-order chi connectivity index (χ1) is 10.8. The number of esters is 2. The second kappa shape index (κ2) is 6.11. The topological polar surface area (TPSA) is 70.4 Å². The number of carbonyl (C=O) groups excluding carboxylic acids is 2. The van der Waals surface area contributed by atoms with Crippen LogP contribution < -0.4 is 0 Å². The predicted octanol–water partition coefficient (Wildman–Crippen LogP) is 2.46. The monoisotopic (exact) mass is 328 g/mol. The first kappa shape index (κ1) is 16.5. The number of ether oxygens (including phenoxy) is 2. The number of methoxy groups -OCH3 is 2. The van der Waals surface area contributed by atoms with Gasteiger partial charge in [0.2, 0.25) is 0 Å². The molecule has 2 rings (SSSR count). The Morgan fingerprint density at radius 2 is 1.61 bits per heavy atom. The van der Waals surface area contributed by atoms with Gasteiger partial charge in [-0.3, -0.25) is 0 Å². The molecule has 0 radical (unpaired) electrons. The number of hydrogen-bond acceptors (Lipinski definition) is 5. The summed E-state index contributed by atoms with van der Waals surface area (Å²) in [5.74, 6) is -2.01. The van der Waals surface area contributed by atoms with Crippen LogP contribution in [0.5, 0.6) is 0 Å². The standard InChI is InChI=1S/C14H11F3N2O4/c1-22-12(20)8-5-3-4-6-10(8)19-11(14(15,16)17)9(7-18-19)13(21)23-2/h3-7H,1-2H3. The molecule has 1 aromatic carbocycles. The van der Waals surface area contributed by atoms with Crippen LogP contribution in [0.2, 0.25) is 0 Å². The van der Waals surface area contributed by atoms with Crippen molar-refractivity contribution in [2.45, 2.75) is 6.18 Å². The van der Waals surface area contributed by atoms with Crippen molar-refractivity contribution in [1.29, 1.82) is 0 Å². The maximum atomic E-state index is 13.4. The Hall–Kier alpha value is -2.84. The highest BCUT2D eigenvalue weighted by Gasteiger charge is 2.41. The van der Waals surface area contributed by atoms with Crippen molar-refractivity contribution in [2.75, 3.05) is 14.2 Å². The highest BCUT2D eigenvalue weighted by Crippen LogP contribution is 2.34. The maximum absolute atomic E-state index is 13.4. The summed E-state index contributed by atoms with van der Waals surface area (Å²) < 4.78 is 49.4. The molecule has 0 aliphatic heterocycles. The van der Waals surface area contributed by atoms with Crippen LogP contribution in [0.1, 0.15) is 26.4 Å². The van der Waals surface area contributed by atoms with Crippen molar-refractivity contribution in [2.24, 2.45) is 0 Å². The molecule has 2 aromatic rings. The zero-order chi connectivity index (χ0) is 17.2. The van der Waals surface area contributed by atoms with E-state index in [-0.39, 0.29) is 11.3 Å². The van der Waals surface area contributed by atoms with E-state index in [1.54, 1.807) is 0 Å². The van der Waals surface area contributed by atoms with Gasteiger partial charge in [-0.2, -0.15) is 18.3 Å². The van der Waals surface area contributed by atoms with Gasteiger partial charge in [0.15, 0.2) is 5.69 Å². The third-order valence-electron chi connectivity index (χ3n) is 2.98. The maximum Gasteiger partial charge on any atom is 0.434 e. The summed E-state index contributed by atoms with van der Waals surface area (Å²) in [4.78, 5) is 23.3. The second-order valence-electron chi connectivity index (χ2n) is 4.32. The summed E-state index contributed by atoms with van der Waals surface area (Å²) in [5, 5.41) is 3.59. The Kier molecular flexibility index (Phi) is 4.39. The van der Waals surface area contributed by atoms with Crippen LogP contribution in [-0.4, -0.2) is 35.9 Å². The van der Waals surface area contributed by atoms with Gasteiger partial charge in [-0.25, -0.2) is 14.3 Å². The number of para-hydroxylation sites is 1. The van der Waals surface area contributed by atoms with Crippen molar-refractivity contribution in [1.82, 2.24) is 9.78 Å². The summed E-state index contributed by atoms with van der Waals surface area (Å²) in [6.07, 6.45) is -4.15. The summed E-state index contributed by atoms with van der Waals surface area (Å²) in [7, 11) is 2.06. The summed E-state index contributed by atoms with van der Waals surface area (Å²) in [5.41, 5.74) is -2.37. The first-order valence-corrected chi connectivity index (χ1v) is 6.22. The largest absolute Gasteiger partial charge is 0.465 e. The van der Waals surface area contributed by atoms with Crippen LogP contribution >= 0.6 is 0 Å². The minimum atomic E-state index is -4.89. The predicted molar refractivity (Wildman–Crippen MR) is 71.2 cm³/mol. The summed E-state index contributed by atoms with van der Waals surface area (Å²) in [6, 6.07) is 5.45. The lowest BCUT2D eigenvalue weighted by molar-refractivity contribution is -0.143. The van der Waals surface area contributed by atoms with Gasteiger partial charge in [-0.15, -0.1) is 0 Å². The van der Waals surface area contributed by atoms with Gasteiger partial charge in [0, 0.05) is 0 Å². The minimum absolute atomic E-state index is 0.125. The molecule has 0 unspecified atom stereocenters. The Morgan fingerprint density at radius 1 is 1.04 bits per heavy atom. The van der Waals surface area contributed by atoms with Gasteiger partial charge >= 0.3 is 18.1 Å². The molecule has 1 heterocycles. The third-order valence-corrected chi connectivity index (χ3v) is 2.98. The van der Waals surface area contributed by atoms with Crippen molar-refractivity contribution in [3.8, 4) is 5.69 Å². The van der Waals surface area contributed by atoms with E-state index in [9.17, 15) is 22.8 Å². The van der Waals surface area contributed by atoms with E-state index in [2.05, 4.69) is 14.6 Å². The van der Waals surface area contributed by atoms with Gasteiger partial charge in [-0.1, -0.05) is 12.1 Å². The summed E-state index contributed by atoms with van der Waals surface area (Å²) >= 11 is 0. The van der Waals surface area contributed by atoms with Gasteiger partial charge in [0.1, 0.15) is 5.56 Å². The first-order valence-electron chi connectivity index (χ1n) is 6.22. The SMILES string of the molecule is COC(=O)c1ccccc1-n1ncc(C(=O)OC)c1C(F)(F)F. The number of alkyl halides is 3. The molecular weight excluding hydrogens is 317 g/mol. The fourth-order valence-electron chi connectivity index (χ4n) is 2.00. The van der Waals surface area contributed by atoms with Crippen LogP contribution in [0.4, 0.5) is 13.2 Å².